The maximum atomic E-state index is 12.5. The van der Waals surface area contributed by atoms with E-state index in [-0.39, 0.29) is 11.0 Å². The first-order valence-corrected chi connectivity index (χ1v) is 9.98. The van der Waals surface area contributed by atoms with E-state index >= 15 is 0 Å². The molecule has 2 rings (SSSR count). The van der Waals surface area contributed by atoms with Crippen LogP contribution in [0.4, 0.5) is 5.69 Å². The van der Waals surface area contributed by atoms with E-state index in [1.54, 1.807) is 31.4 Å². The number of methoxy groups -OCH3 is 1. The van der Waals surface area contributed by atoms with Gasteiger partial charge in [0.2, 0.25) is 10.0 Å². The second-order valence-electron chi connectivity index (χ2n) is 5.25. The summed E-state index contributed by atoms with van der Waals surface area (Å²) in [6.45, 7) is 1.85. The molecular formula is C17H19NO4S2. The Morgan fingerprint density at radius 2 is 1.67 bits per heavy atom. The van der Waals surface area contributed by atoms with Crippen LogP contribution in [-0.4, -0.2) is 32.8 Å². The van der Waals surface area contributed by atoms with Gasteiger partial charge < -0.3 is 4.74 Å². The molecule has 0 amide bonds. The average Bonchev–Trinajstić information content (AvgIpc) is 2.54. The summed E-state index contributed by atoms with van der Waals surface area (Å²) in [5.74, 6) is 0.758. The van der Waals surface area contributed by atoms with Crippen LogP contribution >= 0.6 is 11.8 Å². The second-order valence-corrected chi connectivity index (χ2v) is 8.41. The lowest BCUT2D eigenvalue weighted by Crippen LogP contribution is -2.14. The van der Waals surface area contributed by atoms with Crippen molar-refractivity contribution in [3.8, 4) is 5.75 Å². The number of thioether (sulfide) groups is 1. The van der Waals surface area contributed by atoms with Gasteiger partial charge in [0.1, 0.15) is 5.75 Å². The summed E-state index contributed by atoms with van der Waals surface area (Å²) in [4.78, 5) is 13.5. The highest BCUT2D eigenvalue weighted by molar-refractivity contribution is 8.00. The molecule has 0 heterocycles. The Balaban J connectivity index is 2.04. The van der Waals surface area contributed by atoms with Gasteiger partial charge in [0, 0.05) is 16.1 Å². The van der Waals surface area contributed by atoms with Gasteiger partial charge in [-0.25, -0.2) is 8.42 Å². The molecule has 0 fully saturated rings. The largest absolute Gasteiger partial charge is 0.497 e. The third kappa shape index (κ3) is 5.28. The number of ether oxygens (including phenoxy) is 1. The molecule has 0 radical (unpaired) electrons. The molecule has 1 N–H and O–H groups in total. The van der Waals surface area contributed by atoms with Crippen LogP contribution < -0.4 is 9.46 Å². The van der Waals surface area contributed by atoms with Gasteiger partial charge in [-0.3, -0.25) is 9.52 Å². The lowest BCUT2D eigenvalue weighted by atomic mass is 10.1. The van der Waals surface area contributed by atoms with Gasteiger partial charge >= 0.3 is 0 Å². The minimum Gasteiger partial charge on any atom is -0.497 e. The summed E-state index contributed by atoms with van der Waals surface area (Å²) in [6.07, 6.45) is 1.08. The number of carbonyl (C=O) groups is 1. The van der Waals surface area contributed by atoms with Gasteiger partial charge in [0.25, 0.3) is 0 Å². The highest BCUT2D eigenvalue weighted by Crippen LogP contribution is 2.27. The number of nitrogens with one attached hydrogen (secondary N) is 1. The standard InChI is InChI=1S/C17H19NO4S2/c1-12(23-16-10-8-15(22-2)9-11-16)17(19)13-4-6-14(7-5-13)18-24(3,20)21/h4-12,18H,1-3H3/t12-/m0/s1. The van der Waals surface area contributed by atoms with E-state index in [2.05, 4.69) is 4.72 Å². The lowest BCUT2D eigenvalue weighted by molar-refractivity contribution is 0.0994. The van der Waals surface area contributed by atoms with Crippen molar-refractivity contribution < 1.29 is 17.9 Å². The molecule has 5 nitrogen and oxygen atoms in total. The van der Waals surface area contributed by atoms with Crippen LogP contribution in [0.25, 0.3) is 0 Å². The Hall–Kier alpha value is -1.99. The van der Waals surface area contributed by atoms with Gasteiger partial charge in [-0.15, -0.1) is 11.8 Å². The predicted octanol–water partition coefficient (Wildman–Crippen LogP) is 3.43. The smallest absolute Gasteiger partial charge is 0.229 e. The molecule has 0 spiro atoms. The Morgan fingerprint density at radius 3 is 2.17 bits per heavy atom. The number of carbonyl (C=O) groups excluding carboxylic acids is 1. The SMILES string of the molecule is COc1ccc(S[C@@H](C)C(=O)c2ccc(NS(C)(=O)=O)cc2)cc1. The summed E-state index contributed by atoms with van der Waals surface area (Å²) >= 11 is 1.46. The molecule has 0 unspecified atom stereocenters. The molecule has 128 valence electrons. The van der Waals surface area contributed by atoms with Crippen molar-refractivity contribution in [3.63, 3.8) is 0 Å². The summed E-state index contributed by atoms with van der Waals surface area (Å²) in [7, 11) is -1.71. The maximum absolute atomic E-state index is 12.5. The Labute approximate surface area is 146 Å². The third-order valence-corrected chi connectivity index (χ3v) is 4.93. The van der Waals surface area contributed by atoms with E-state index in [1.165, 1.54) is 11.8 Å². The minimum absolute atomic E-state index is 0.0123. The first-order valence-electron chi connectivity index (χ1n) is 7.21. The highest BCUT2D eigenvalue weighted by Gasteiger charge is 2.16. The van der Waals surface area contributed by atoms with E-state index in [4.69, 9.17) is 4.74 Å². The first-order chi connectivity index (χ1) is 11.3. The van der Waals surface area contributed by atoms with Crippen LogP contribution in [0, 0.1) is 0 Å². The minimum atomic E-state index is -3.32. The van der Waals surface area contributed by atoms with Crippen molar-refractivity contribution in [1.82, 2.24) is 0 Å². The molecule has 2 aromatic rings. The Kier molecular flexibility index (Phi) is 5.90. The lowest BCUT2D eigenvalue weighted by Gasteiger charge is -2.11. The van der Waals surface area contributed by atoms with E-state index in [0.717, 1.165) is 16.9 Å². The van der Waals surface area contributed by atoms with Crippen molar-refractivity contribution >= 4 is 33.3 Å². The normalized spacial score (nSPS) is 12.5. The summed E-state index contributed by atoms with van der Waals surface area (Å²) < 4.78 is 29.9. The molecule has 0 saturated heterocycles. The molecular weight excluding hydrogens is 346 g/mol. The fourth-order valence-electron chi connectivity index (χ4n) is 2.06. The van der Waals surface area contributed by atoms with Crippen molar-refractivity contribution in [3.05, 3.63) is 54.1 Å². The quantitative estimate of drug-likeness (QED) is 0.601. The predicted molar refractivity (Wildman–Crippen MR) is 97.6 cm³/mol. The second kappa shape index (κ2) is 7.72. The van der Waals surface area contributed by atoms with Gasteiger partial charge in [-0.1, -0.05) is 0 Å². The van der Waals surface area contributed by atoms with E-state index in [0.29, 0.717) is 11.3 Å². The van der Waals surface area contributed by atoms with E-state index in [9.17, 15) is 13.2 Å². The van der Waals surface area contributed by atoms with Crippen LogP contribution in [-0.2, 0) is 10.0 Å². The number of rotatable bonds is 7. The maximum Gasteiger partial charge on any atom is 0.229 e. The molecule has 0 saturated carbocycles. The van der Waals surface area contributed by atoms with E-state index < -0.39 is 10.0 Å². The number of hydrogen-bond acceptors (Lipinski definition) is 5. The zero-order valence-corrected chi connectivity index (χ0v) is 15.3. The Morgan fingerprint density at radius 1 is 1.08 bits per heavy atom. The van der Waals surface area contributed by atoms with Crippen molar-refractivity contribution in [2.24, 2.45) is 0 Å². The zero-order valence-electron chi connectivity index (χ0n) is 13.6. The van der Waals surface area contributed by atoms with Crippen LogP contribution in [0.1, 0.15) is 17.3 Å². The zero-order chi connectivity index (χ0) is 17.7. The first kappa shape index (κ1) is 18.4. The van der Waals surface area contributed by atoms with Crippen molar-refractivity contribution in [2.75, 3.05) is 18.1 Å². The molecule has 7 heteroatoms. The number of Topliss-reactive ketones (excluding diaryl/α,β-unsaturated/α-hetero) is 1. The van der Waals surface area contributed by atoms with Crippen LogP contribution in [0.3, 0.4) is 0 Å². The Bertz CT molecular complexity index is 799. The van der Waals surface area contributed by atoms with Crippen molar-refractivity contribution in [2.45, 2.75) is 17.1 Å². The molecule has 2 aromatic carbocycles. The summed E-state index contributed by atoms with van der Waals surface area (Å²) in [6, 6.07) is 13.9. The fraction of sp³-hybridized carbons (Fsp3) is 0.235. The fourth-order valence-corrected chi connectivity index (χ4v) is 3.57. The third-order valence-electron chi connectivity index (χ3n) is 3.21. The number of benzene rings is 2. The molecule has 0 aromatic heterocycles. The van der Waals surface area contributed by atoms with Gasteiger partial charge in [-0.05, 0) is 55.5 Å². The van der Waals surface area contributed by atoms with Crippen LogP contribution in [0.5, 0.6) is 5.75 Å². The molecule has 24 heavy (non-hydrogen) atoms. The molecule has 0 aliphatic rings. The van der Waals surface area contributed by atoms with Crippen LogP contribution in [0.15, 0.2) is 53.4 Å². The number of hydrogen-bond donors (Lipinski definition) is 1. The molecule has 0 bridgehead atoms. The summed E-state index contributed by atoms with van der Waals surface area (Å²) in [5.41, 5.74) is 0.979. The average molecular weight is 365 g/mol. The van der Waals surface area contributed by atoms with Gasteiger partial charge in [0.15, 0.2) is 5.78 Å². The van der Waals surface area contributed by atoms with E-state index in [1.807, 2.05) is 31.2 Å². The number of anilines is 1. The van der Waals surface area contributed by atoms with Crippen molar-refractivity contribution in [1.29, 1.82) is 0 Å². The molecule has 1 atom stereocenters. The van der Waals surface area contributed by atoms with Gasteiger partial charge in [0.05, 0.1) is 18.6 Å². The number of sulfonamides is 1. The summed E-state index contributed by atoms with van der Waals surface area (Å²) in [5, 5.41) is -0.257. The highest BCUT2D eigenvalue weighted by atomic mass is 32.2. The molecule has 0 aliphatic carbocycles. The molecule has 0 aliphatic heterocycles. The van der Waals surface area contributed by atoms with Gasteiger partial charge in [-0.2, -0.15) is 0 Å². The number of ketones is 1. The topological polar surface area (TPSA) is 72.5 Å². The van der Waals surface area contributed by atoms with Crippen LogP contribution in [0.2, 0.25) is 0 Å². The monoisotopic (exact) mass is 365 g/mol.